The van der Waals surface area contributed by atoms with E-state index in [2.05, 4.69) is 15.5 Å². The van der Waals surface area contributed by atoms with Gasteiger partial charge in [-0.05, 0) is 18.9 Å². The van der Waals surface area contributed by atoms with Crippen LogP contribution >= 0.6 is 0 Å². The predicted octanol–water partition coefficient (Wildman–Crippen LogP) is 1.99. The Morgan fingerprint density at radius 3 is 2.82 bits per heavy atom. The number of aryl methyl sites for hydroxylation is 1. The Morgan fingerprint density at radius 1 is 1.36 bits per heavy atom. The van der Waals surface area contributed by atoms with Gasteiger partial charge >= 0.3 is 0 Å². The van der Waals surface area contributed by atoms with E-state index in [0.717, 1.165) is 11.4 Å². The molecule has 1 atom stereocenters. The lowest BCUT2D eigenvalue weighted by molar-refractivity contribution is -0.122. The molecule has 1 heterocycles. The summed E-state index contributed by atoms with van der Waals surface area (Å²) in [7, 11) is 1.86. The maximum absolute atomic E-state index is 11.9. The highest BCUT2D eigenvalue weighted by atomic mass is 16.5. The molecule has 0 aliphatic rings. The molecule has 0 saturated carbocycles. The van der Waals surface area contributed by atoms with Crippen LogP contribution in [-0.2, 0) is 23.2 Å². The Balaban J connectivity index is 1.61. The van der Waals surface area contributed by atoms with Crippen LogP contribution in [-0.4, -0.2) is 27.3 Å². The molecule has 2 rings (SSSR count). The number of ether oxygens (including phenoxy) is 1. The zero-order valence-corrected chi connectivity index (χ0v) is 13.0. The second-order valence-electron chi connectivity index (χ2n) is 5.23. The van der Waals surface area contributed by atoms with Crippen LogP contribution in [0.15, 0.2) is 36.7 Å². The van der Waals surface area contributed by atoms with Crippen LogP contribution in [0.1, 0.15) is 37.2 Å². The van der Waals surface area contributed by atoms with E-state index in [1.165, 1.54) is 0 Å². The molecule has 6 heteroatoms. The highest BCUT2D eigenvalue weighted by molar-refractivity contribution is 5.76. The molecule has 1 amide bonds. The van der Waals surface area contributed by atoms with E-state index >= 15 is 0 Å². The molecule has 2 aromatic rings. The third-order valence-corrected chi connectivity index (χ3v) is 3.32. The van der Waals surface area contributed by atoms with Gasteiger partial charge < -0.3 is 14.6 Å². The number of aromatic nitrogens is 3. The normalized spacial score (nSPS) is 12.1. The molecule has 22 heavy (non-hydrogen) atoms. The Kier molecular flexibility index (Phi) is 6.09. The van der Waals surface area contributed by atoms with Gasteiger partial charge in [-0.2, -0.15) is 0 Å². The SMILES string of the molecule is C[C@@H](NC(=O)CCCOCc1ccccc1)c1nncn1C. The average Bonchev–Trinajstić information content (AvgIpc) is 2.94. The summed E-state index contributed by atoms with van der Waals surface area (Å²) in [6.07, 6.45) is 2.76. The van der Waals surface area contributed by atoms with Crippen LogP contribution in [0.2, 0.25) is 0 Å². The van der Waals surface area contributed by atoms with E-state index in [0.29, 0.717) is 26.1 Å². The topological polar surface area (TPSA) is 69.0 Å². The van der Waals surface area contributed by atoms with Gasteiger partial charge in [0.1, 0.15) is 6.33 Å². The molecule has 1 N–H and O–H groups in total. The Hall–Kier alpha value is -2.21. The van der Waals surface area contributed by atoms with Crippen molar-refractivity contribution in [1.82, 2.24) is 20.1 Å². The number of hydrogen-bond acceptors (Lipinski definition) is 4. The molecular formula is C16H22N4O2. The minimum absolute atomic E-state index is 0.00110. The van der Waals surface area contributed by atoms with E-state index < -0.39 is 0 Å². The molecule has 0 unspecified atom stereocenters. The second kappa shape index (κ2) is 8.29. The lowest BCUT2D eigenvalue weighted by atomic mass is 10.2. The van der Waals surface area contributed by atoms with Gasteiger partial charge in [0.05, 0.1) is 12.6 Å². The lowest BCUT2D eigenvalue weighted by Crippen LogP contribution is -2.28. The number of carbonyl (C=O) groups excluding carboxylic acids is 1. The minimum atomic E-state index is -0.148. The molecule has 0 aliphatic heterocycles. The van der Waals surface area contributed by atoms with Gasteiger partial charge in [0.15, 0.2) is 5.82 Å². The van der Waals surface area contributed by atoms with E-state index in [4.69, 9.17) is 4.74 Å². The van der Waals surface area contributed by atoms with Gasteiger partial charge in [0.2, 0.25) is 5.91 Å². The van der Waals surface area contributed by atoms with Gasteiger partial charge in [-0.3, -0.25) is 4.79 Å². The highest BCUT2D eigenvalue weighted by Crippen LogP contribution is 2.08. The smallest absolute Gasteiger partial charge is 0.220 e. The third-order valence-electron chi connectivity index (χ3n) is 3.32. The number of hydrogen-bond donors (Lipinski definition) is 1. The van der Waals surface area contributed by atoms with Crippen LogP contribution in [0.25, 0.3) is 0 Å². The van der Waals surface area contributed by atoms with E-state index in [1.54, 1.807) is 10.9 Å². The molecule has 0 bridgehead atoms. The Morgan fingerprint density at radius 2 is 2.14 bits per heavy atom. The number of nitrogens with zero attached hydrogens (tertiary/aromatic N) is 3. The van der Waals surface area contributed by atoms with Crippen LogP contribution in [0.4, 0.5) is 0 Å². The van der Waals surface area contributed by atoms with Crippen molar-refractivity contribution in [3.63, 3.8) is 0 Å². The molecule has 0 spiro atoms. The predicted molar refractivity (Wildman–Crippen MR) is 82.9 cm³/mol. The summed E-state index contributed by atoms with van der Waals surface area (Å²) in [5, 5.41) is 10.7. The van der Waals surface area contributed by atoms with Gasteiger partial charge in [0.25, 0.3) is 0 Å². The maximum Gasteiger partial charge on any atom is 0.220 e. The van der Waals surface area contributed by atoms with E-state index in [9.17, 15) is 4.79 Å². The molecule has 0 fully saturated rings. The van der Waals surface area contributed by atoms with Gasteiger partial charge in [-0.1, -0.05) is 30.3 Å². The summed E-state index contributed by atoms with van der Waals surface area (Å²) in [5.41, 5.74) is 1.14. The molecule has 0 saturated heterocycles. The van der Waals surface area contributed by atoms with E-state index in [-0.39, 0.29) is 11.9 Å². The first-order chi connectivity index (χ1) is 10.7. The maximum atomic E-state index is 11.9. The number of carbonyl (C=O) groups is 1. The van der Waals surface area contributed by atoms with Gasteiger partial charge in [0, 0.05) is 20.1 Å². The first kappa shape index (κ1) is 16.2. The monoisotopic (exact) mass is 302 g/mol. The number of rotatable bonds is 8. The molecule has 1 aromatic carbocycles. The summed E-state index contributed by atoms with van der Waals surface area (Å²) >= 11 is 0. The van der Waals surface area contributed by atoms with Crippen molar-refractivity contribution in [3.8, 4) is 0 Å². The van der Waals surface area contributed by atoms with Crippen LogP contribution in [0.5, 0.6) is 0 Å². The van der Waals surface area contributed by atoms with Crippen LogP contribution in [0.3, 0.4) is 0 Å². The first-order valence-corrected chi connectivity index (χ1v) is 7.41. The van der Waals surface area contributed by atoms with Crippen molar-refractivity contribution in [2.45, 2.75) is 32.4 Å². The molecule has 0 radical (unpaired) electrons. The Labute approximate surface area is 130 Å². The van der Waals surface area contributed by atoms with Gasteiger partial charge in [-0.25, -0.2) is 0 Å². The van der Waals surface area contributed by atoms with Crippen molar-refractivity contribution in [3.05, 3.63) is 48.0 Å². The number of benzene rings is 1. The zero-order chi connectivity index (χ0) is 15.8. The largest absolute Gasteiger partial charge is 0.377 e. The van der Waals surface area contributed by atoms with Crippen molar-refractivity contribution in [2.75, 3.05) is 6.61 Å². The standard InChI is InChI=1S/C16H22N4O2/c1-13(16-19-17-12-20(16)2)18-15(21)9-6-10-22-11-14-7-4-3-5-8-14/h3-5,7-8,12-13H,6,9-11H2,1-2H3,(H,18,21)/t13-/m1/s1. The fourth-order valence-corrected chi connectivity index (χ4v) is 2.16. The summed E-state index contributed by atoms with van der Waals surface area (Å²) in [6, 6.07) is 9.85. The first-order valence-electron chi connectivity index (χ1n) is 7.41. The number of amides is 1. The van der Waals surface area contributed by atoms with Crippen molar-refractivity contribution >= 4 is 5.91 Å². The van der Waals surface area contributed by atoms with Crippen molar-refractivity contribution in [2.24, 2.45) is 7.05 Å². The van der Waals surface area contributed by atoms with Crippen LogP contribution < -0.4 is 5.32 Å². The van der Waals surface area contributed by atoms with Crippen LogP contribution in [0, 0.1) is 0 Å². The summed E-state index contributed by atoms with van der Waals surface area (Å²) in [4.78, 5) is 11.9. The van der Waals surface area contributed by atoms with Gasteiger partial charge in [-0.15, -0.1) is 10.2 Å². The molecule has 0 aliphatic carbocycles. The molecule has 118 valence electrons. The van der Waals surface area contributed by atoms with E-state index in [1.807, 2.05) is 44.3 Å². The fraction of sp³-hybridized carbons (Fsp3) is 0.438. The van der Waals surface area contributed by atoms with Crippen molar-refractivity contribution in [1.29, 1.82) is 0 Å². The Bertz CT molecular complexity index is 583. The minimum Gasteiger partial charge on any atom is -0.377 e. The summed E-state index contributed by atoms with van der Waals surface area (Å²) in [5.74, 6) is 0.743. The summed E-state index contributed by atoms with van der Waals surface area (Å²) in [6.45, 7) is 3.05. The fourth-order valence-electron chi connectivity index (χ4n) is 2.16. The average molecular weight is 302 g/mol. The lowest BCUT2D eigenvalue weighted by Gasteiger charge is -2.12. The molecule has 1 aromatic heterocycles. The third kappa shape index (κ3) is 4.96. The molecular weight excluding hydrogens is 280 g/mol. The zero-order valence-electron chi connectivity index (χ0n) is 13.0. The number of nitrogens with one attached hydrogen (secondary N) is 1. The quantitative estimate of drug-likeness (QED) is 0.757. The highest BCUT2D eigenvalue weighted by Gasteiger charge is 2.13. The van der Waals surface area contributed by atoms with Crippen molar-refractivity contribution < 1.29 is 9.53 Å². The second-order valence-corrected chi connectivity index (χ2v) is 5.23. The summed E-state index contributed by atoms with van der Waals surface area (Å²) < 4.78 is 7.36. The molecule has 6 nitrogen and oxygen atoms in total.